The predicted octanol–water partition coefficient (Wildman–Crippen LogP) is 12.0. The Morgan fingerprint density at radius 1 is 0.465 bits per heavy atom. The second-order valence-electron chi connectivity index (χ2n) is 12.2. The van der Waals surface area contributed by atoms with E-state index in [4.69, 9.17) is 0 Å². The molecular weight excluding hydrogens is 552 g/mol. The molecule has 2 aliphatic carbocycles. The van der Waals surface area contributed by atoms with Crippen molar-refractivity contribution in [3.8, 4) is 22.3 Å². The minimum atomic E-state index is -1.74. The molecule has 0 amide bonds. The monoisotopic (exact) mass is 587 g/mol. The fourth-order valence-corrected chi connectivity index (χ4v) is 14.0. The summed E-state index contributed by atoms with van der Waals surface area (Å²) in [5.41, 5.74) is 14.6. The second kappa shape index (κ2) is 10.6. The molecule has 0 aromatic heterocycles. The number of rotatable bonds is 5. The van der Waals surface area contributed by atoms with Crippen molar-refractivity contribution in [2.75, 3.05) is 0 Å². The van der Waals surface area contributed by atoms with E-state index in [0.29, 0.717) is 8.45 Å². The fourth-order valence-electron chi connectivity index (χ4n) is 8.05. The molecule has 2 aliphatic rings. The number of hydrogen-bond acceptors (Lipinski definition) is 0. The molecule has 0 saturated heterocycles. The van der Waals surface area contributed by atoms with Crippen LogP contribution in [-0.4, -0.2) is 0 Å². The van der Waals surface area contributed by atoms with Crippen molar-refractivity contribution in [1.29, 1.82) is 0 Å². The molecule has 0 N–H and O–H groups in total. The molecule has 8 rings (SSSR count). The van der Waals surface area contributed by atoms with Crippen LogP contribution in [0.25, 0.3) is 56.0 Å². The summed E-state index contributed by atoms with van der Waals surface area (Å²) < 4.78 is 2.42. The Kier molecular flexibility index (Phi) is 6.59. The Labute approximate surface area is 261 Å². The van der Waals surface area contributed by atoms with Crippen LogP contribution in [0.1, 0.15) is 51.5 Å². The van der Waals surface area contributed by atoms with Gasteiger partial charge in [-0.2, -0.15) is 0 Å². The third kappa shape index (κ3) is 4.23. The third-order valence-electron chi connectivity index (χ3n) is 9.87. The molecule has 6 aromatic carbocycles. The maximum absolute atomic E-state index is 2.53. The standard InChI is InChI=1S/2C20H15.C2H5.Ti/c2*1-14-12-16-8-5-11-19(20(16)13-14)18-10-4-7-15-6-2-3-9-17(15)18;1-2;/h2*2-13H,1H3;1H2,2H3;. The van der Waals surface area contributed by atoms with Gasteiger partial charge in [0.05, 0.1) is 0 Å². The topological polar surface area (TPSA) is 0 Å². The van der Waals surface area contributed by atoms with E-state index < -0.39 is 17.9 Å². The van der Waals surface area contributed by atoms with Crippen LogP contribution in [0.2, 0.25) is 4.73 Å². The van der Waals surface area contributed by atoms with Crippen LogP contribution >= 0.6 is 0 Å². The fraction of sp³-hybridized carbons (Fsp3) is 0.143. The molecule has 0 saturated carbocycles. The van der Waals surface area contributed by atoms with E-state index in [0.717, 1.165) is 0 Å². The first kappa shape index (κ1) is 26.6. The first-order valence-electron chi connectivity index (χ1n) is 15.6. The van der Waals surface area contributed by atoms with Crippen molar-refractivity contribution in [2.24, 2.45) is 0 Å². The molecule has 2 unspecified atom stereocenters. The van der Waals surface area contributed by atoms with Crippen LogP contribution in [0, 0.1) is 0 Å². The summed E-state index contributed by atoms with van der Waals surface area (Å²) in [6.45, 7) is 7.28. The Morgan fingerprint density at radius 2 is 0.860 bits per heavy atom. The van der Waals surface area contributed by atoms with Gasteiger partial charge in [-0.15, -0.1) is 0 Å². The molecule has 0 fully saturated rings. The van der Waals surface area contributed by atoms with E-state index in [1.807, 2.05) is 0 Å². The molecule has 2 atom stereocenters. The van der Waals surface area contributed by atoms with E-state index in [9.17, 15) is 0 Å². The first-order valence-corrected chi connectivity index (χ1v) is 18.5. The maximum atomic E-state index is 2.53. The average molecular weight is 588 g/mol. The summed E-state index contributed by atoms with van der Waals surface area (Å²) >= 11 is -1.74. The minimum absolute atomic E-state index is 0.565. The van der Waals surface area contributed by atoms with Crippen LogP contribution < -0.4 is 0 Å². The average Bonchev–Trinajstić information content (AvgIpc) is 3.57. The molecule has 6 aromatic rings. The zero-order chi connectivity index (χ0) is 29.1. The van der Waals surface area contributed by atoms with E-state index in [2.05, 4.69) is 154 Å². The van der Waals surface area contributed by atoms with E-state index >= 15 is 0 Å². The number of fused-ring (bicyclic) bond motifs is 4. The summed E-state index contributed by atoms with van der Waals surface area (Å²) in [7, 11) is 0. The Morgan fingerprint density at radius 3 is 1.33 bits per heavy atom. The summed E-state index contributed by atoms with van der Waals surface area (Å²) in [6.07, 6.45) is 5.06. The second-order valence-corrected chi connectivity index (χ2v) is 16.9. The van der Waals surface area contributed by atoms with Crippen molar-refractivity contribution >= 4 is 33.7 Å². The van der Waals surface area contributed by atoms with Crippen molar-refractivity contribution in [3.05, 3.63) is 155 Å². The molecule has 0 bridgehead atoms. The van der Waals surface area contributed by atoms with Crippen LogP contribution in [0.5, 0.6) is 0 Å². The van der Waals surface area contributed by atoms with Gasteiger partial charge in [0, 0.05) is 0 Å². The number of benzene rings is 6. The van der Waals surface area contributed by atoms with Gasteiger partial charge in [-0.05, 0) is 0 Å². The van der Waals surface area contributed by atoms with E-state index in [-0.39, 0.29) is 0 Å². The van der Waals surface area contributed by atoms with E-state index in [1.54, 1.807) is 22.3 Å². The van der Waals surface area contributed by atoms with Crippen LogP contribution in [-0.2, 0) is 17.9 Å². The van der Waals surface area contributed by atoms with Gasteiger partial charge in [0.15, 0.2) is 0 Å². The van der Waals surface area contributed by atoms with Crippen LogP contribution in [0.3, 0.4) is 0 Å². The zero-order valence-corrected chi connectivity index (χ0v) is 26.6. The molecule has 0 spiro atoms. The van der Waals surface area contributed by atoms with Gasteiger partial charge in [-0.3, -0.25) is 0 Å². The molecule has 43 heavy (non-hydrogen) atoms. The molecular formula is C42H35Ti. The van der Waals surface area contributed by atoms with Crippen molar-refractivity contribution in [1.82, 2.24) is 0 Å². The van der Waals surface area contributed by atoms with Gasteiger partial charge >= 0.3 is 262 Å². The van der Waals surface area contributed by atoms with Crippen molar-refractivity contribution in [3.63, 3.8) is 0 Å². The SMILES string of the molecule is C[CH2][Ti]([CH]1C(C)=Cc2c(-c3cccc4ccccc34)cccc21)[CH]1C(C)=Cc2c(-c3cccc4ccccc34)cccc21. The van der Waals surface area contributed by atoms with Gasteiger partial charge in [0.1, 0.15) is 0 Å². The molecule has 0 radical (unpaired) electrons. The Hall–Kier alpha value is -3.97. The summed E-state index contributed by atoms with van der Waals surface area (Å²) in [5, 5.41) is 5.29. The quantitative estimate of drug-likeness (QED) is 0.176. The third-order valence-corrected chi connectivity index (χ3v) is 15.9. The molecule has 207 valence electrons. The van der Waals surface area contributed by atoms with Gasteiger partial charge in [-0.1, -0.05) is 0 Å². The predicted molar refractivity (Wildman–Crippen MR) is 182 cm³/mol. The Balaban J connectivity index is 1.24. The van der Waals surface area contributed by atoms with Gasteiger partial charge in [-0.25, -0.2) is 0 Å². The number of hydrogen-bond donors (Lipinski definition) is 0. The van der Waals surface area contributed by atoms with Crippen molar-refractivity contribution in [2.45, 2.75) is 33.9 Å². The summed E-state index contributed by atoms with van der Waals surface area (Å²) in [5.74, 6) is 0. The molecule has 0 nitrogen and oxygen atoms in total. The summed E-state index contributed by atoms with van der Waals surface area (Å²) in [4.78, 5) is 0. The van der Waals surface area contributed by atoms with Crippen molar-refractivity contribution < 1.29 is 17.9 Å². The van der Waals surface area contributed by atoms with Gasteiger partial charge in [0.2, 0.25) is 0 Å². The van der Waals surface area contributed by atoms with Crippen LogP contribution in [0.15, 0.2) is 132 Å². The van der Waals surface area contributed by atoms with Crippen LogP contribution in [0.4, 0.5) is 0 Å². The normalized spacial score (nSPS) is 17.1. The summed E-state index contributed by atoms with van der Waals surface area (Å²) in [6, 6.07) is 45.3. The Bertz CT molecular complexity index is 1950. The molecule has 1 heteroatoms. The zero-order valence-electron chi connectivity index (χ0n) is 25.1. The van der Waals surface area contributed by atoms with Gasteiger partial charge in [0.25, 0.3) is 0 Å². The first-order chi connectivity index (χ1) is 21.1. The number of allylic oxidation sites excluding steroid dienone is 2. The van der Waals surface area contributed by atoms with E-state index in [1.165, 1.54) is 59.7 Å². The molecule has 0 heterocycles. The van der Waals surface area contributed by atoms with Gasteiger partial charge < -0.3 is 0 Å². The molecule has 0 aliphatic heterocycles.